The third-order valence-corrected chi connectivity index (χ3v) is 6.01. The molecule has 0 radical (unpaired) electrons. The van der Waals surface area contributed by atoms with Crippen LogP contribution in [-0.4, -0.2) is 45.1 Å². The summed E-state index contributed by atoms with van der Waals surface area (Å²) in [6.07, 6.45) is -3.83. The van der Waals surface area contributed by atoms with Crippen LogP contribution in [0.1, 0.15) is 31.9 Å². The first-order valence-corrected chi connectivity index (χ1v) is 11.8. The van der Waals surface area contributed by atoms with Crippen molar-refractivity contribution in [2.24, 2.45) is 5.92 Å². The van der Waals surface area contributed by atoms with Crippen molar-refractivity contribution in [3.05, 3.63) is 47.8 Å². The molecule has 2 aromatic carbocycles. The topological polar surface area (TPSA) is 92.7 Å². The third kappa shape index (κ3) is 6.67. The summed E-state index contributed by atoms with van der Waals surface area (Å²) in [6, 6.07) is 2.44. The predicted molar refractivity (Wildman–Crippen MR) is 114 cm³/mol. The highest BCUT2D eigenvalue weighted by molar-refractivity contribution is 7.90. The largest absolute Gasteiger partial charge is 0.507 e. The zero-order valence-corrected chi connectivity index (χ0v) is 19.2. The Hall–Kier alpha value is -2.66. The van der Waals surface area contributed by atoms with Gasteiger partial charge in [0.2, 0.25) is 0 Å². The molecule has 0 heterocycles. The van der Waals surface area contributed by atoms with Crippen LogP contribution in [0.5, 0.6) is 5.75 Å². The van der Waals surface area contributed by atoms with E-state index in [2.05, 4.69) is 10.1 Å². The molecule has 0 amide bonds. The molecule has 0 aliphatic carbocycles. The summed E-state index contributed by atoms with van der Waals surface area (Å²) in [7, 11) is -2.60. The monoisotopic (exact) mass is 491 g/mol. The van der Waals surface area contributed by atoms with E-state index in [1.165, 1.54) is 0 Å². The SMILES string of the molecule is COC(=O)[C@H](CC(C)C)NC(c1ccc(-c2ccc(S(C)(=O)=O)cc2F)c(O)c1)C(F)(F)F. The number of phenols is 1. The van der Waals surface area contributed by atoms with E-state index in [1.54, 1.807) is 13.8 Å². The molecule has 1 unspecified atom stereocenters. The molecule has 0 aliphatic rings. The second kappa shape index (κ2) is 10.1. The Balaban J connectivity index is 2.47. The molecule has 6 nitrogen and oxygen atoms in total. The van der Waals surface area contributed by atoms with Gasteiger partial charge in [0.25, 0.3) is 0 Å². The van der Waals surface area contributed by atoms with Gasteiger partial charge in [-0.25, -0.2) is 12.8 Å². The summed E-state index contributed by atoms with van der Waals surface area (Å²) in [5.41, 5.74) is -0.700. The van der Waals surface area contributed by atoms with Crippen molar-refractivity contribution in [1.29, 1.82) is 0 Å². The second-order valence-corrected chi connectivity index (χ2v) is 10.1. The number of carbonyl (C=O) groups excluding carboxylic acids is 1. The Labute approximate surface area is 189 Å². The zero-order chi connectivity index (χ0) is 25.1. The fourth-order valence-electron chi connectivity index (χ4n) is 3.33. The number of phenolic OH excluding ortho intramolecular Hbond substituents is 1. The average molecular weight is 492 g/mol. The Morgan fingerprint density at radius 2 is 1.73 bits per heavy atom. The van der Waals surface area contributed by atoms with Gasteiger partial charge < -0.3 is 9.84 Å². The van der Waals surface area contributed by atoms with Gasteiger partial charge in [-0.1, -0.05) is 32.0 Å². The molecule has 2 aromatic rings. The summed E-state index contributed by atoms with van der Waals surface area (Å²) >= 11 is 0. The average Bonchev–Trinajstić information content (AvgIpc) is 2.68. The minimum Gasteiger partial charge on any atom is -0.507 e. The van der Waals surface area contributed by atoms with Crippen LogP contribution in [0.25, 0.3) is 11.1 Å². The van der Waals surface area contributed by atoms with E-state index in [9.17, 15) is 35.9 Å². The molecule has 0 fully saturated rings. The molecule has 0 aromatic heterocycles. The van der Waals surface area contributed by atoms with Gasteiger partial charge in [-0.2, -0.15) is 13.2 Å². The molecular weight excluding hydrogens is 466 g/mol. The maximum absolute atomic E-state index is 14.5. The minimum atomic E-state index is -4.82. The molecule has 33 heavy (non-hydrogen) atoms. The molecule has 2 rings (SSSR count). The lowest BCUT2D eigenvalue weighted by Gasteiger charge is -2.27. The normalized spacial score (nSPS) is 14.2. The van der Waals surface area contributed by atoms with Crippen molar-refractivity contribution in [2.75, 3.05) is 13.4 Å². The Kier molecular flexibility index (Phi) is 8.13. The van der Waals surface area contributed by atoms with Crippen LogP contribution in [0.3, 0.4) is 0 Å². The first kappa shape index (κ1) is 26.6. The molecule has 0 bridgehead atoms. The predicted octanol–water partition coefficient (Wildman–Crippen LogP) is 4.38. The van der Waals surface area contributed by atoms with E-state index >= 15 is 0 Å². The molecule has 2 N–H and O–H groups in total. The van der Waals surface area contributed by atoms with Crippen LogP contribution in [-0.2, 0) is 19.4 Å². The van der Waals surface area contributed by atoms with E-state index in [0.29, 0.717) is 0 Å². The zero-order valence-electron chi connectivity index (χ0n) is 18.4. The van der Waals surface area contributed by atoms with Crippen LogP contribution in [0.15, 0.2) is 41.3 Å². The molecule has 0 saturated heterocycles. The number of rotatable bonds is 8. The number of sulfone groups is 1. The number of methoxy groups -OCH3 is 1. The van der Waals surface area contributed by atoms with Crippen molar-refractivity contribution < 1.29 is 40.6 Å². The number of halogens is 4. The number of alkyl halides is 3. The molecule has 0 aliphatic heterocycles. The molecular formula is C22H25F4NO5S. The standard InChI is InChI=1S/C22H25F4NO5S/c1-12(2)9-18(21(29)32-3)27-20(22(24,25)26)13-5-7-16(19(28)10-13)15-8-6-14(11-17(15)23)33(4,30)31/h5-8,10-12,18,20,27-28H,9H2,1-4H3/t18-,20?/m0/s1. The van der Waals surface area contributed by atoms with Crippen molar-refractivity contribution in [3.8, 4) is 16.9 Å². The number of benzene rings is 2. The van der Waals surface area contributed by atoms with Crippen LogP contribution >= 0.6 is 0 Å². The number of aromatic hydroxyl groups is 1. The highest BCUT2D eigenvalue weighted by Gasteiger charge is 2.43. The van der Waals surface area contributed by atoms with Gasteiger partial charge >= 0.3 is 12.1 Å². The Morgan fingerprint density at radius 1 is 1.12 bits per heavy atom. The number of esters is 1. The van der Waals surface area contributed by atoms with Gasteiger partial charge in [-0.05, 0) is 36.1 Å². The molecule has 11 heteroatoms. The number of carbonyl (C=O) groups is 1. The number of ether oxygens (including phenoxy) is 1. The highest BCUT2D eigenvalue weighted by Crippen LogP contribution is 2.39. The number of nitrogens with one attached hydrogen (secondary N) is 1. The molecule has 0 spiro atoms. The highest BCUT2D eigenvalue weighted by atomic mass is 32.2. The van der Waals surface area contributed by atoms with Crippen molar-refractivity contribution in [3.63, 3.8) is 0 Å². The van der Waals surface area contributed by atoms with Crippen molar-refractivity contribution >= 4 is 15.8 Å². The maximum atomic E-state index is 14.5. The molecule has 182 valence electrons. The lowest BCUT2D eigenvalue weighted by atomic mass is 9.97. The van der Waals surface area contributed by atoms with Crippen LogP contribution in [0.2, 0.25) is 0 Å². The quantitative estimate of drug-likeness (QED) is 0.421. The lowest BCUT2D eigenvalue weighted by molar-refractivity contribution is -0.164. The summed E-state index contributed by atoms with van der Waals surface area (Å²) in [4.78, 5) is 11.7. The maximum Gasteiger partial charge on any atom is 0.407 e. The van der Waals surface area contributed by atoms with Crippen molar-refractivity contribution in [1.82, 2.24) is 5.32 Å². The fraction of sp³-hybridized carbons (Fsp3) is 0.409. The van der Waals surface area contributed by atoms with E-state index in [-0.39, 0.29) is 28.4 Å². The van der Waals surface area contributed by atoms with Crippen molar-refractivity contribution in [2.45, 2.75) is 43.4 Å². The molecule has 0 saturated carbocycles. The van der Waals surface area contributed by atoms with E-state index < -0.39 is 51.2 Å². The van der Waals surface area contributed by atoms with Gasteiger partial charge in [0, 0.05) is 17.4 Å². The number of hydrogen-bond acceptors (Lipinski definition) is 6. The Morgan fingerprint density at radius 3 is 2.18 bits per heavy atom. The fourth-order valence-corrected chi connectivity index (χ4v) is 3.96. The van der Waals surface area contributed by atoms with Gasteiger partial charge in [-0.15, -0.1) is 0 Å². The minimum absolute atomic E-state index is 0.0845. The van der Waals surface area contributed by atoms with E-state index in [4.69, 9.17) is 0 Å². The first-order chi connectivity index (χ1) is 15.1. The summed E-state index contributed by atoms with van der Waals surface area (Å²) in [5, 5.41) is 12.6. The summed E-state index contributed by atoms with van der Waals surface area (Å²) in [5.74, 6) is -2.57. The summed E-state index contributed by atoms with van der Waals surface area (Å²) < 4.78 is 83.8. The lowest BCUT2D eigenvalue weighted by Crippen LogP contribution is -2.45. The third-order valence-electron chi connectivity index (χ3n) is 4.90. The Bertz CT molecular complexity index is 1120. The van der Waals surface area contributed by atoms with Gasteiger partial charge in [-0.3, -0.25) is 10.1 Å². The van der Waals surface area contributed by atoms with E-state index in [1.807, 2.05) is 0 Å². The van der Waals surface area contributed by atoms with Crippen LogP contribution in [0, 0.1) is 11.7 Å². The smallest absolute Gasteiger partial charge is 0.407 e. The van der Waals surface area contributed by atoms with Crippen LogP contribution < -0.4 is 5.32 Å². The second-order valence-electron chi connectivity index (χ2n) is 8.04. The van der Waals surface area contributed by atoms with E-state index in [0.717, 1.165) is 49.8 Å². The van der Waals surface area contributed by atoms with Gasteiger partial charge in [0.1, 0.15) is 23.7 Å². The summed E-state index contributed by atoms with van der Waals surface area (Å²) in [6.45, 7) is 3.48. The van der Waals surface area contributed by atoms with Gasteiger partial charge in [0.05, 0.1) is 12.0 Å². The number of hydrogen-bond donors (Lipinski definition) is 2. The first-order valence-electron chi connectivity index (χ1n) is 9.88. The van der Waals surface area contributed by atoms with Crippen LogP contribution in [0.4, 0.5) is 17.6 Å². The molecule has 2 atom stereocenters. The van der Waals surface area contributed by atoms with Gasteiger partial charge in [0.15, 0.2) is 9.84 Å².